The van der Waals surface area contributed by atoms with Crippen molar-refractivity contribution in [1.82, 2.24) is 10.2 Å². The monoisotopic (exact) mass is 515 g/mol. The van der Waals surface area contributed by atoms with Gasteiger partial charge in [-0.05, 0) is 43.2 Å². The fourth-order valence-electron chi connectivity index (χ4n) is 3.20. The maximum Gasteiger partial charge on any atom is 0.244 e. The number of nitrogens with zero attached hydrogens (tertiary/aromatic N) is 2. The molecule has 0 bridgehead atoms. The molecule has 1 atom stereocenters. The molecule has 7 nitrogen and oxygen atoms in total. The lowest BCUT2D eigenvalue weighted by Gasteiger charge is -2.31. The van der Waals surface area contributed by atoms with Crippen LogP contribution in [0.2, 0.25) is 5.02 Å². The molecule has 2 rings (SSSR count). The number of nitrogens with one attached hydrogen (secondary N) is 1. The zero-order valence-corrected chi connectivity index (χ0v) is 20.8. The molecular weight excluding hydrogens is 488 g/mol. The van der Waals surface area contributed by atoms with Gasteiger partial charge in [0.2, 0.25) is 21.8 Å². The summed E-state index contributed by atoms with van der Waals surface area (Å²) in [5.41, 5.74) is 0.422. The average Bonchev–Trinajstić information content (AvgIpc) is 2.76. The molecule has 0 heterocycles. The van der Waals surface area contributed by atoms with Gasteiger partial charge in [0.05, 0.1) is 11.9 Å². The standard InChI is InChI=1S/C23H28ClF2N3O4S/c1-4-5-11-27-23(31)16(2)28(14-17-7-6-8-18(24)12-17)22(30)15-29(34(3,32)33)19-9-10-20(25)21(26)13-19/h6-10,12-13,16H,4-5,11,14-15H2,1-3H3,(H,27,31)/t16-/m1/s1. The highest BCUT2D eigenvalue weighted by Crippen LogP contribution is 2.22. The van der Waals surface area contributed by atoms with Crippen molar-refractivity contribution in [3.8, 4) is 0 Å². The van der Waals surface area contributed by atoms with E-state index in [2.05, 4.69) is 5.32 Å². The number of amides is 2. The maximum absolute atomic E-state index is 13.8. The van der Waals surface area contributed by atoms with Crippen molar-refractivity contribution in [1.29, 1.82) is 0 Å². The second-order valence-corrected chi connectivity index (χ2v) is 10.2. The summed E-state index contributed by atoms with van der Waals surface area (Å²) in [6.45, 7) is 3.21. The van der Waals surface area contributed by atoms with Gasteiger partial charge in [-0.2, -0.15) is 0 Å². The van der Waals surface area contributed by atoms with E-state index in [4.69, 9.17) is 11.6 Å². The minimum Gasteiger partial charge on any atom is -0.354 e. The summed E-state index contributed by atoms with van der Waals surface area (Å²) < 4.78 is 52.6. The SMILES string of the molecule is CCCCNC(=O)[C@@H](C)N(Cc1cccc(Cl)c1)C(=O)CN(c1ccc(F)c(F)c1)S(C)(=O)=O. The van der Waals surface area contributed by atoms with Crippen LogP contribution in [0.4, 0.5) is 14.5 Å². The van der Waals surface area contributed by atoms with E-state index in [1.807, 2.05) is 6.92 Å². The van der Waals surface area contributed by atoms with Crippen molar-refractivity contribution in [2.75, 3.05) is 23.7 Å². The highest BCUT2D eigenvalue weighted by molar-refractivity contribution is 7.92. The Morgan fingerprint density at radius 1 is 1.12 bits per heavy atom. The molecular formula is C23H28ClF2N3O4S. The molecule has 0 unspecified atom stereocenters. The fourth-order valence-corrected chi connectivity index (χ4v) is 4.26. The van der Waals surface area contributed by atoms with Crippen LogP contribution in [0, 0.1) is 11.6 Å². The Bertz CT molecular complexity index is 1130. The predicted octanol–water partition coefficient (Wildman–Crippen LogP) is 3.72. The van der Waals surface area contributed by atoms with Gasteiger partial charge in [-0.25, -0.2) is 17.2 Å². The van der Waals surface area contributed by atoms with E-state index in [1.54, 1.807) is 24.3 Å². The Balaban J connectivity index is 2.37. The van der Waals surface area contributed by atoms with Gasteiger partial charge in [0.1, 0.15) is 12.6 Å². The van der Waals surface area contributed by atoms with E-state index >= 15 is 0 Å². The summed E-state index contributed by atoms with van der Waals surface area (Å²) in [6, 6.07) is 8.31. The van der Waals surface area contributed by atoms with E-state index < -0.39 is 46.1 Å². The van der Waals surface area contributed by atoms with Gasteiger partial charge in [0.15, 0.2) is 11.6 Å². The molecule has 2 aromatic carbocycles. The summed E-state index contributed by atoms with van der Waals surface area (Å²) in [5.74, 6) is -3.50. The molecule has 0 spiro atoms. The number of hydrogen-bond acceptors (Lipinski definition) is 4. The van der Waals surface area contributed by atoms with Crippen LogP contribution in [0.5, 0.6) is 0 Å². The van der Waals surface area contributed by atoms with Gasteiger partial charge >= 0.3 is 0 Å². The fraction of sp³-hybridized carbons (Fsp3) is 0.391. The first kappa shape index (κ1) is 27.5. The van der Waals surface area contributed by atoms with Crippen LogP contribution in [0.1, 0.15) is 32.3 Å². The third-order valence-corrected chi connectivity index (χ3v) is 6.48. The largest absolute Gasteiger partial charge is 0.354 e. The van der Waals surface area contributed by atoms with E-state index in [9.17, 15) is 26.8 Å². The number of hydrogen-bond donors (Lipinski definition) is 1. The molecule has 2 aromatic rings. The summed E-state index contributed by atoms with van der Waals surface area (Å²) in [7, 11) is -4.04. The topological polar surface area (TPSA) is 86.8 Å². The van der Waals surface area contributed by atoms with Crippen molar-refractivity contribution < 1.29 is 26.8 Å². The van der Waals surface area contributed by atoms with Crippen molar-refractivity contribution in [3.63, 3.8) is 0 Å². The van der Waals surface area contributed by atoms with Gasteiger partial charge in [-0.15, -0.1) is 0 Å². The normalized spacial score (nSPS) is 12.2. The van der Waals surface area contributed by atoms with Crippen LogP contribution < -0.4 is 9.62 Å². The van der Waals surface area contributed by atoms with Crippen LogP contribution in [0.25, 0.3) is 0 Å². The smallest absolute Gasteiger partial charge is 0.244 e. The Labute approximate surface area is 203 Å². The molecule has 0 fully saturated rings. The lowest BCUT2D eigenvalue weighted by Crippen LogP contribution is -2.51. The lowest BCUT2D eigenvalue weighted by molar-refractivity contribution is -0.139. The Hall–Kier alpha value is -2.72. The van der Waals surface area contributed by atoms with Crippen LogP contribution in [0.3, 0.4) is 0 Å². The van der Waals surface area contributed by atoms with Crippen molar-refractivity contribution in [3.05, 3.63) is 64.7 Å². The molecule has 1 N–H and O–H groups in total. The number of anilines is 1. The minimum atomic E-state index is -4.04. The minimum absolute atomic E-state index is 0.0167. The molecule has 186 valence electrons. The number of benzene rings is 2. The Morgan fingerprint density at radius 2 is 1.82 bits per heavy atom. The number of rotatable bonds is 11. The highest BCUT2D eigenvalue weighted by Gasteiger charge is 2.30. The quantitative estimate of drug-likeness (QED) is 0.462. The van der Waals surface area contributed by atoms with Gasteiger partial charge in [-0.3, -0.25) is 13.9 Å². The Morgan fingerprint density at radius 3 is 2.41 bits per heavy atom. The third kappa shape index (κ3) is 7.66. The Kier molecular flexibility index (Phi) is 9.81. The first-order chi connectivity index (χ1) is 15.9. The van der Waals surface area contributed by atoms with Crippen molar-refractivity contribution in [2.45, 2.75) is 39.3 Å². The predicted molar refractivity (Wildman–Crippen MR) is 128 cm³/mol. The lowest BCUT2D eigenvalue weighted by atomic mass is 10.1. The van der Waals surface area contributed by atoms with E-state index in [1.165, 1.54) is 11.8 Å². The van der Waals surface area contributed by atoms with Gasteiger partial charge in [0.25, 0.3) is 0 Å². The highest BCUT2D eigenvalue weighted by atomic mass is 35.5. The molecule has 0 aliphatic rings. The third-order valence-electron chi connectivity index (χ3n) is 5.11. The zero-order valence-electron chi connectivity index (χ0n) is 19.2. The summed E-state index contributed by atoms with van der Waals surface area (Å²) in [5, 5.41) is 3.20. The first-order valence-corrected chi connectivity index (χ1v) is 12.9. The molecule has 0 aliphatic heterocycles. The van der Waals surface area contributed by atoms with Crippen molar-refractivity contribution in [2.24, 2.45) is 0 Å². The number of halogens is 3. The molecule has 34 heavy (non-hydrogen) atoms. The molecule has 11 heteroatoms. The summed E-state index contributed by atoms with van der Waals surface area (Å²) >= 11 is 6.05. The van der Waals surface area contributed by atoms with E-state index in [-0.39, 0.29) is 12.2 Å². The number of unbranched alkanes of at least 4 members (excludes halogenated alkanes) is 1. The zero-order chi connectivity index (χ0) is 25.5. The molecule has 2 amide bonds. The van der Waals surface area contributed by atoms with Gasteiger partial charge < -0.3 is 10.2 Å². The van der Waals surface area contributed by atoms with Gasteiger partial charge in [0, 0.05) is 24.2 Å². The molecule has 0 saturated heterocycles. The number of carbonyl (C=O) groups is 2. The number of carbonyl (C=O) groups excluding carboxylic acids is 2. The summed E-state index contributed by atoms with van der Waals surface area (Å²) in [4.78, 5) is 27.3. The van der Waals surface area contributed by atoms with Crippen LogP contribution in [-0.2, 0) is 26.2 Å². The number of sulfonamides is 1. The second-order valence-electron chi connectivity index (χ2n) is 7.84. The van der Waals surface area contributed by atoms with Crippen molar-refractivity contribution >= 4 is 39.1 Å². The van der Waals surface area contributed by atoms with Crippen LogP contribution >= 0.6 is 11.6 Å². The van der Waals surface area contributed by atoms with E-state index in [0.29, 0.717) is 27.5 Å². The second kappa shape index (κ2) is 12.1. The summed E-state index contributed by atoms with van der Waals surface area (Å²) in [6.07, 6.45) is 2.49. The van der Waals surface area contributed by atoms with E-state index in [0.717, 1.165) is 31.2 Å². The molecule has 0 aliphatic carbocycles. The molecule has 0 saturated carbocycles. The van der Waals surface area contributed by atoms with Crippen LogP contribution in [-0.4, -0.2) is 50.5 Å². The average molecular weight is 516 g/mol. The maximum atomic E-state index is 13.8. The first-order valence-electron chi connectivity index (χ1n) is 10.7. The molecule has 0 radical (unpaired) electrons. The van der Waals surface area contributed by atoms with Gasteiger partial charge in [-0.1, -0.05) is 37.1 Å². The molecule has 0 aromatic heterocycles. The van der Waals surface area contributed by atoms with Crippen LogP contribution in [0.15, 0.2) is 42.5 Å².